The number of carboxylic acid groups (broad SMARTS) is 1. The van der Waals surface area contributed by atoms with E-state index in [2.05, 4.69) is 19.9 Å². The molecule has 1 atom stereocenters. The molecule has 3 heteroatoms. The summed E-state index contributed by atoms with van der Waals surface area (Å²) in [5.74, 6) is -0.891. The lowest BCUT2D eigenvalue weighted by molar-refractivity contribution is -0.131. The van der Waals surface area contributed by atoms with Crippen LogP contribution >= 0.6 is 0 Å². The fraction of sp³-hybridized carbons (Fsp3) is 0.583. The fourth-order valence-electron chi connectivity index (χ4n) is 0.756. The van der Waals surface area contributed by atoms with E-state index in [0.29, 0.717) is 0 Å². The van der Waals surface area contributed by atoms with E-state index < -0.39 is 5.97 Å². The maximum Gasteiger partial charge on any atom is 0.327 e. The Kier molecular flexibility index (Phi) is 12.0. The molecular weight excluding hydrogens is 192 g/mol. The number of aliphatic carboxylic acids is 1. The summed E-state index contributed by atoms with van der Waals surface area (Å²) in [6.07, 6.45) is 6.43. The van der Waals surface area contributed by atoms with Gasteiger partial charge >= 0.3 is 5.97 Å². The molecule has 0 aliphatic heterocycles. The van der Waals surface area contributed by atoms with E-state index in [1.807, 2.05) is 6.92 Å². The molecule has 0 saturated carbocycles. The number of aliphatic hydroxyl groups is 1. The molecule has 0 bridgehead atoms. The molecule has 0 aromatic carbocycles. The number of allylic oxidation sites excluding steroid dienone is 3. The first-order chi connectivity index (χ1) is 6.90. The molecule has 1 unspecified atom stereocenters. The highest BCUT2D eigenvalue weighted by Gasteiger charge is 1.90. The molecule has 2 N–H and O–H groups in total. The topological polar surface area (TPSA) is 57.5 Å². The van der Waals surface area contributed by atoms with Crippen LogP contribution in [0.2, 0.25) is 0 Å². The standard InChI is InChI=1S/C8H16O.C4H6O2/c1-7(2)5-4-6-8(3)9;1-2-3-4(5)6/h5,8-9H,4,6H2,1-3H3;2-3H,1H3,(H,5,6). The maximum absolute atomic E-state index is 9.51. The van der Waals surface area contributed by atoms with Crippen molar-refractivity contribution >= 4 is 5.97 Å². The molecule has 0 aliphatic rings. The second-order valence-electron chi connectivity index (χ2n) is 3.55. The van der Waals surface area contributed by atoms with Crippen LogP contribution in [0.25, 0.3) is 0 Å². The number of carbonyl (C=O) groups is 1. The van der Waals surface area contributed by atoms with Gasteiger partial charge in [0.15, 0.2) is 0 Å². The van der Waals surface area contributed by atoms with Crippen LogP contribution in [-0.4, -0.2) is 22.3 Å². The second-order valence-corrected chi connectivity index (χ2v) is 3.55. The summed E-state index contributed by atoms with van der Waals surface area (Å²) < 4.78 is 0. The number of hydrogen-bond donors (Lipinski definition) is 2. The predicted molar refractivity (Wildman–Crippen MR) is 62.8 cm³/mol. The zero-order valence-corrected chi connectivity index (χ0v) is 10.0. The SMILES string of the molecule is CC(C)=CCCC(C)O.CC=CC(=O)O. The predicted octanol–water partition coefficient (Wildman–Crippen LogP) is 2.76. The highest BCUT2D eigenvalue weighted by atomic mass is 16.4. The smallest absolute Gasteiger partial charge is 0.327 e. The Morgan fingerprint density at radius 1 is 1.40 bits per heavy atom. The molecule has 15 heavy (non-hydrogen) atoms. The van der Waals surface area contributed by atoms with Gasteiger partial charge in [-0.3, -0.25) is 0 Å². The van der Waals surface area contributed by atoms with Gasteiger partial charge in [-0.05, 0) is 40.5 Å². The lowest BCUT2D eigenvalue weighted by atomic mass is 10.2. The summed E-state index contributed by atoms with van der Waals surface area (Å²) in [6, 6.07) is 0. The highest BCUT2D eigenvalue weighted by molar-refractivity contribution is 5.79. The fourth-order valence-corrected chi connectivity index (χ4v) is 0.756. The monoisotopic (exact) mass is 214 g/mol. The van der Waals surface area contributed by atoms with Gasteiger partial charge in [-0.2, -0.15) is 0 Å². The van der Waals surface area contributed by atoms with E-state index in [1.54, 1.807) is 6.92 Å². The molecule has 0 amide bonds. The van der Waals surface area contributed by atoms with Gasteiger partial charge in [0.2, 0.25) is 0 Å². The Morgan fingerprint density at radius 2 is 1.93 bits per heavy atom. The van der Waals surface area contributed by atoms with Crippen molar-refractivity contribution in [3.63, 3.8) is 0 Å². The van der Waals surface area contributed by atoms with E-state index in [4.69, 9.17) is 10.2 Å². The number of rotatable bonds is 4. The van der Waals surface area contributed by atoms with Gasteiger partial charge in [0, 0.05) is 6.08 Å². The van der Waals surface area contributed by atoms with Crippen molar-refractivity contribution in [3.8, 4) is 0 Å². The van der Waals surface area contributed by atoms with Crippen molar-refractivity contribution in [2.45, 2.75) is 46.6 Å². The lowest BCUT2D eigenvalue weighted by Gasteiger charge is -1.98. The van der Waals surface area contributed by atoms with E-state index in [9.17, 15) is 4.79 Å². The molecular formula is C12H22O3. The van der Waals surface area contributed by atoms with Gasteiger partial charge in [-0.25, -0.2) is 4.79 Å². The van der Waals surface area contributed by atoms with Gasteiger partial charge in [-0.15, -0.1) is 0 Å². The van der Waals surface area contributed by atoms with Crippen molar-refractivity contribution in [2.75, 3.05) is 0 Å². The third-order valence-corrected chi connectivity index (χ3v) is 1.45. The highest BCUT2D eigenvalue weighted by Crippen LogP contribution is 1.99. The molecule has 0 saturated heterocycles. The second kappa shape index (κ2) is 11.0. The van der Waals surface area contributed by atoms with Crippen molar-refractivity contribution < 1.29 is 15.0 Å². The molecule has 0 heterocycles. The number of hydrogen-bond acceptors (Lipinski definition) is 2. The Morgan fingerprint density at radius 3 is 2.13 bits per heavy atom. The Hall–Kier alpha value is -1.09. The van der Waals surface area contributed by atoms with Gasteiger partial charge in [0.05, 0.1) is 6.10 Å². The summed E-state index contributed by atoms with van der Waals surface area (Å²) in [6.45, 7) is 7.62. The van der Waals surface area contributed by atoms with Gasteiger partial charge in [0.25, 0.3) is 0 Å². The van der Waals surface area contributed by atoms with E-state index in [-0.39, 0.29) is 6.10 Å². The maximum atomic E-state index is 9.51. The van der Waals surface area contributed by atoms with Crippen molar-refractivity contribution in [3.05, 3.63) is 23.8 Å². The molecule has 0 radical (unpaired) electrons. The van der Waals surface area contributed by atoms with E-state index in [1.165, 1.54) is 11.6 Å². The summed E-state index contributed by atoms with van der Waals surface area (Å²) in [5.41, 5.74) is 1.33. The van der Waals surface area contributed by atoms with Gasteiger partial charge < -0.3 is 10.2 Å². The summed E-state index contributed by atoms with van der Waals surface area (Å²) in [7, 11) is 0. The van der Waals surface area contributed by atoms with E-state index >= 15 is 0 Å². The zero-order chi connectivity index (χ0) is 12.3. The van der Waals surface area contributed by atoms with Crippen LogP contribution in [0.1, 0.15) is 40.5 Å². The molecule has 0 fully saturated rings. The molecule has 0 rings (SSSR count). The zero-order valence-electron chi connectivity index (χ0n) is 10.0. The minimum absolute atomic E-state index is 0.152. The van der Waals surface area contributed by atoms with Gasteiger partial charge in [-0.1, -0.05) is 17.7 Å². The summed E-state index contributed by atoms with van der Waals surface area (Å²) >= 11 is 0. The first kappa shape index (κ1) is 16.3. The quantitative estimate of drug-likeness (QED) is 0.559. The molecule has 0 aromatic heterocycles. The van der Waals surface area contributed by atoms with Crippen LogP contribution in [0.3, 0.4) is 0 Å². The van der Waals surface area contributed by atoms with Crippen LogP contribution in [0.4, 0.5) is 0 Å². The largest absolute Gasteiger partial charge is 0.478 e. The minimum atomic E-state index is -0.891. The Bertz CT molecular complexity index is 211. The van der Waals surface area contributed by atoms with E-state index in [0.717, 1.165) is 18.9 Å². The van der Waals surface area contributed by atoms with Crippen molar-refractivity contribution in [1.82, 2.24) is 0 Å². The van der Waals surface area contributed by atoms with Crippen LogP contribution in [-0.2, 0) is 4.79 Å². The molecule has 0 spiro atoms. The third kappa shape index (κ3) is 24.6. The molecule has 3 nitrogen and oxygen atoms in total. The average molecular weight is 214 g/mol. The molecule has 0 aliphatic carbocycles. The normalized spacial score (nSPS) is 11.5. The first-order valence-corrected chi connectivity index (χ1v) is 5.07. The molecule has 88 valence electrons. The lowest BCUT2D eigenvalue weighted by Crippen LogP contribution is -1.96. The van der Waals surface area contributed by atoms with Crippen molar-refractivity contribution in [2.24, 2.45) is 0 Å². The Labute approximate surface area is 92.1 Å². The molecule has 0 aromatic rings. The summed E-state index contributed by atoms with van der Waals surface area (Å²) in [4.78, 5) is 9.51. The van der Waals surface area contributed by atoms with Crippen LogP contribution in [0, 0.1) is 0 Å². The number of aliphatic hydroxyl groups excluding tert-OH is 1. The third-order valence-electron chi connectivity index (χ3n) is 1.45. The Balaban J connectivity index is 0. The van der Waals surface area contributed by atoms with Crippen LogP contribution in [0.5, 0.6) is 0 Å². The van der Waals surface area contributed by atoms with Gasteiger partial charge in [0.1, 0.15) is 0 Å². The first-order valence-electron chi connectivity index (χ1n) is 5.07. The van der Waals surface area contributed by atoms with Crippen molar-refractivity contribution in [1.29, 1.82) is 0 Å². The minimum Gasteiger partial charge on any atom is -0.478 e. The van der Waals surface area contributed by atoms with Crippen LogP contribution < -0.4 is 0 Å². The summed E-state index contributed by atoms with van der Waals surface area (Å²) in [5, 5.41) is 16.7. The average Bonchev–Trinajstić information content (AvgIpc) is 2.03. The van der Waals surface area contributed by atoms with Crippen LogP contribution in [0.15, 0.2) is 23.8 Å². The number of carboxylic acids is 1.